The largest absolute Gasteiger partial charge is 0.508 e. The molecular formula is C15H19NO3. The SMILES string of the molecule is O=C(C1CCOCC1)N1CCCc2c(O)cccc21. The number of nitrogens with zero attached hydrogens (tertiary/aromatic N) is 1. The van der Waals surface area contributed by atoms with Crippen molar-refractivity contribution < 1.29 is 14.6 Å². The van der Waals surface area contributed by atoms with Gasteiger partial charge < -0.3 is 14.7 Å². The number of phenols is 1. The normalized spacial score (nSPS) is 20.1. The van der Waals surface area contributed by atoms with E-state index in [1.807, 2.05) is 17.0 Å². The number of hydrogen-bond donors (Lipinski definition) is 1. The first-order valence-electron chi connectivity index (χ1n) is 6.97. The Bertz CT molecular complexity index is 480. The van der Waals surface area contributed by atoms with Gasteiger partial charge in [-0.3, -0.25) is 4.79 Å². The Kier molecular flexibility index (Phi) is 3.42. The monoisotopic (exact) mass is 261 g/mol. The third-order valence-electron chi connectivity index (χ3n) is 4.06. The molecule has 3 rings (SSSR count). The summed E-state index contributed by atoms with van der Waals surface area (Å²) in [4.78, 5) is 14.5. The molecule has 2 aliphatic heterocycles. The molecule has 1 aromatic carbocycles. The third kappa shape index (κ3) is 2.32. The van der Waals surface area contributed by atoms with E-state index in [1.165, 1.54) is 0 Å². The van der Waals surface area contributed by atoms with E-state index in [1.54, 1.807) is 6.07 Å². The highest BCUT2D eigenvalue weighted by Gasteiger charge is 2.30. The Morgan fingerprint density at radius 3 is 2.89 bits per heavy atom. The van der Waals surface area contributed by atoms with Gasteiger partial charge in [-0.1, -0.05) is 6.07 Å². The standard InChI is InChI=1S/C15H19NO3/c17-14-5-1-4-13-12(14)3-2-8-16(13)15(18)11-6-9-19-10-7-11/h1,4-5,11,17H,2-3,6-10H2. The van der Waals surface area contributed by atoms with Crippen LogP contribution in [-0.2, 0) is 16.0 Å². The van der Waals surface area contributed by atoms with Crippen LogP contribution in [0, 0.1) is 5.92 Å². The summed E-state index contributed by atoms with van der Waals surface area (Å²) >= 11 is 0. The number of ether oxygens (including phenoxy) is 1. The van der Waals surface area contributed by atoms with Crippen molar-refractivity contribution in [3.8, 4) is 5.75 Å². The second-order valence-electron chi connectivity index (χ2n) is 5.25. The fraction of sp³-hybridized carbons (Fsp3) is 0.533. The highest BCUT2D eigenvalue weighted by molar-refractivity contribution is 5.96. The molecular weight excluding hydrogens is 242 g/mol. The zero-order valence-electron chi connectivity index (χ0n) is 11.0. The number of amides is 1. The van der Waals surface area contributed by atoms with Gasteiger partial charge in [-0.05, 0) is 37.8 Å². The van der Waals surface area contributed by atoms with Gasteiger partial charge in [-0.15, -0.1) is 0 Å². The number of anilines is 1. The van der Waals surface area contributed by atoms with Crippen molar-refractivity contribution in [2.45, 2.75) is 25.7 Å². The smallest absolute Gasteiger partial charge is 0.230 e. The molecule has 2 heterocycles. The minimum Gasteiger partial charge on any atom is -0.508 e. The topological polar surface area (TPSA) is 49.8 Å². The summed E-state index contributed by atoms with van der Waals surface area (Å²) in [6.45, 7) is 2.11. The molecule has 2 aliphatic rings. The van der Waals surface area contributed by atoms with Crippen LogP contribution in [0.15, 0.2) is 18.2 Å². The second-order valence-corrected chi connectivity index (χ2v) is 5.25. The molecule has 0 aromatic heterocycles. The summed E-state index contributed by atoms with van der Waals surface area (Å²) in [5.74, 6) is 0.568. The van der Waals surface area contributed by atoms with Gasteiger partial charge in [0, 0.05) is 31.2 Å². The van der Waals surface area contributed by atoms with E-state index in [0.29, 0.717) is 19.0 Å². The zero-order valence-corrected chi connectivity index (χ0v) is 11.0. The van der Waals surface area contributed by atoms with Crippen LogP contribution in [-0.4, -0.2) is 30.8 Å². The number of carbonyl (C=O) groups excluding carboxylic acids is 1. The Labute approximate surface area is 113 Å². The molecule has 4 heteroatoms. The van der Waals surface area contributed by atoms with Crippen LogP contribution in [0.5, 0.6) is 5.75 Å². The van der Waals surface area contributed by atoms with Crippen molar-refractivity contribution in [2.24, 2.45) is 5.92 Å². The van der Waals surface area contributed by atoms with E-state index in [-0.39, 0.29) is 11.8 Å². The van der Waals surface area contributed by atoms with Crippen LogP contribution in [0.4, 0.5) is 5.69 Å². The van der Waals surface area contributed by atoms with Crippen LogP contribution >= 0.6 is 0 Å². The number of aromatic hydroxyl groups is 1. The maximum absolute atomic E-state index is 12.6. The molecule has 0 radical (unpaired) electrons. The molecule has 4 nitrogen and oxygen atoms in total. The summed E-state index contributed by atoms with van der Waals surface area (Å²) in [6.07, 6.45) is 3.38. The predicted octanol–water partition coefficient (Wildman–Crippen LogP) is 2.10. The second kappa shape index (κ2) is 5.21. The minimum absolute atomic E-state index is 0.0713. The molecule has 0 aliphatic carbocycles. The van der Waals surface area contributed by atoms with Crippen molar-refractivity contribution in [2.75, 3.05) is 24.7 Å². The minimum atomic E-state index is 0.0713. The number of carbonyl (C=O) groups is 1. The lowest BCUT2D eigenvalue weighted by Crippen LogP contribution is -2.41. The maximum Gasteiger partial charge on any atom is 0.230 e. The lowest BCUT2D eigenvalue weighted by atomic mass is 9.95. The summed E-state index contributed by atoms with van der Waals surface area (Å²) in [5.41, 5.74) is 1.80. The molecule has 1 amide bonds. The van der Waals surface area contributed by atoms with Crippen LogP contribution in [0.25, 0.3) is 0 Å². The van der Waals surface area contributed by atoms with Crippen LogP contribution in [0.1, 0.15) is 24.8 Å². The van der Waals surface area contributed by atoms with Gasteiger partial charge in [-0.25, -0.2) is 0 Å². The van der Waals surface area contributed by atoms with Gasteiger partial charge in [-0.2, -0.15) is 0 Å². The summed E-state index contributed by atoms with van der Waals surface area (Å²) in [5, 5.41) is 9.91. The van der Waals surface area contributed by atoms with Crippen LogP contribution in [0.3, 0.4) is 0 Å². The maximum atomic E-state index is 12.6. The summed E-state index contributed by atoms with van der Waals surface area (Å²) in [7, 11) is 0. The van der Waals surface area contributed by atoms with Crippen LogP contribution < -0.4 is 4.90 Å². The zero-order chi connectivity index (χ0) is 13.2. The molecule has 0 atom stereocenters. The van der Waals surface area contributed by atoms with E-state index < -0.39 is 0 Å². The average Bonchev–Trinajstić information content (AvgIpc) is 2.47. The Hall–Kier alpha value is -1.55. The number of fused-ring (bicyclic) bond motifs is 1. The first kappa shape index (κ1) is 12.5. The number of phenolic OH excluding ortho intramolecular Hbond substituents is 1. The van der Waals surface area contributed by atoms with Crippen molar-refractivity contribution >= 4 is 11.6 Å². The van der Waals surface area contributed by atoms with Gasteiger partial charge in [0.1, 0.15) is 5.75 Å². The Morgan fingerprint density at radius 2 is 2.11 bits per heavy atom. The predicted molar refractivity (Wildman–Crippen MR) is 72.3 cm³/mol. The van der Waals surface area contributed by atoms with Crippen molar-refractivity contribution in [3.63, 3.8) is 0 Å². The lowest BCUT2D eigenvalue weighted by Gasteiger charge is -2.33. The third-order valence-corrected chi connectivity index (χ3v) is 4.06. The van der Waals surface area contributed by atoms with E-state index in [2.05, 4.69) is 0 Å². The first-order chi connectivity index (χ1) is 9.27. The van der Waals surface area contributed by atoms with E-state index in [4.69, 9.17) is 4.74 Å². The molecule has 1 N–H and O–H groups in total. The summed E-state index contributed by atoms with van der Waals surface area (Å²) in [6, 6.07) is 5.44. The van der Waals surface area contributed by atoms with Gasteiger partial charge in [0.05, 0.1) is 5.69 Å². The molecule has 0 saturated carbocycles. The van der Waals surface area contributed by atoms with Gasteiger partial charge >= 0.3 is 0 Å². The molecule has 102 valence electrons. The number of rotatable bonds is 1. The van der Waals surface area contributed by atoms with E-state index >= 15 is 0 Å². The van der Waals surface area contributed by atoms with Crippen molar-refractivity contribution in [1.82, 2.24) is 0 Å². The van der Waals surface area contributed by atoms with Crippen molar-refractivity contribution in [3.05, 3.63) is 23.8 Å². The Morgan fingerprint density at radius 1 is 1.32 bits per heavy atom. The molecule has 0 bridgehead atoms. The van der Waals surface area contributed by atoms with Crippen molar-refractivity contribution in [1.29, 1.82) is 0 Å². The van der Waals surface area contributed by atoms with Gasteiger partial charge in [0.15, 0.2) is 0 Å². The fourth-order valence-electron chi connectivity index (χ4n) is 3.00. The molecule has 1 saturated heterocycles. The molecule has 0 spiro atoms. The van der Waals surface area contributed by atoms with Crippen LogP contribution in [0.2, 0.25) is 0 Å². The fourth-order valence-corrected chi connectivity index (χ4v) is 3.00. The first-order valence-corrected chi connectivity index (χ1v) is 6.97. The highest BCUT2D eigenvalue weighted by atomic mass is 16.5. The summed E-state index contributed by atoms with van der Waals surface area (Å²) < 4.78 is 5.32. The quantitative estimate of drug-likeness (QED) is 0.842. The lowest BCUT2D eigenvalue weighted by molar-refractivity contribution is -0.125. The molecule has 1 fully saturated rings. The van der Waals surface area contributed by atoms with Gasteiger partial charge in [0.2, 0.25) is 5.91 Å². The van der Waals surface area contributed by atoms with E-state index in [0.717, 1.165) is 43.5 Å². The molecule has 0 unspecified atom stereocenters. The average molecular weight is 261 g/mol. The number of benzene rings is 1. The molecule has 1 aromatic rings. The van der Waals surface area contributed by atoms with Gasteiger partial charge in [0.25, 0.3) is 0 Å². The highest BCUT2D eigenvalue weighted by Crippen LogP contribution is 2.35. The van der Waals surface area contributed by atoms with E-state index in [9.17, 15) is 9.90 Å². The molecule has 19 heavy (non-hydrogen) atoms. The Balaban J connectivity index is 1.86. The number of hydrogen-bond acceptors (Lipinski definition) is 3.